The van der Waals surface area contributed by atoms with Crippen molar-refractivity contribution in [3.63, 3.8) is 0 Å². The second-order valence-corrected chi connectivity index (χ2v) is 19.5. The zero-order valence-electron chi connectivity index (χ0n) is 8.52. The van der Waals surface area contributed by atoms with E-state index in [4.69, 9.17) is 0 Å². The Morgan fingerprint density at radius 2 is 1.50 bits per heavy atom. The summed E-state index contributed by atoms with van der Waals surface area (Å²) in [6, 6.07) is 0. The van der Waals surface area contributed by atoms with Gasteiger partial charge in [0.15, 0.2) is 0 Å². The lowest BCUT2D eigenvalue weighted by Crippen LogP contribution is -2.54. The van der Waals surface area contributed by atoms with Crippen LogP contribution in [0.1, 0.15) is 12.8 Å². The fourth-order valence-corrected chi connectivity index (χ4v) is 7.73. The van der Waals surface area contributed by atoms with Crippen LogP contribution >= 0.6 is 0 Å². The van der Waals surface area contributed by atoms with Crippen LogP contribution in [-0.4, -0.2) is 15.5 Å². The third-order valence-corrected chi connectivity index (χ3v) is 19.6. The fraction of sp³-hybridized carbons (Fsp3) is 0.778. The molecule has 0 amide bonds. The molecule has 12 heavy (non-hydrogen) atoms. The van der Waals surface area contributed by atoms with E-state index in [-0.39, 0.29) is 0 Å². The molecule has 1 rings (SSSR count). The van der Waals surface area contributed by atoms with Crippen LogP contribution in [0.2, 0.25) is 31.7 Å². The number of rotatable bonds is 2. The van der Waals surface area contributed by atoms with Gasteiger partial charge in [-0.2, -0.15) is 0 Å². The van der Waals surface area contributed by atoms with Crippen LogP contribution in [0.25, 0.3) is 0 Å². The summed E-state index contributed by atoms with van der Waals surface area (Å²) in [4.78, 5) is 0. The molecule has 0 unspecified atom stereocenters. The van der Waals surface area contributed by atoms with Crippen molar-refractivity contribution in [3.8, 4) is 0 Å². The second kappa shape index (κ2) is 3.11. The zero-order chi connectivity index (χ0) is 9.41. The van der Waals surface area contributed by atoms with E-state index < -0.39 is 15.5 Å². The Bertz CT molecular complexity index is 183. The van der Waals surface area contributed by atoms with Crippen molar-refractivity contribution in [2.45, 2.75) is 44.6 Å². The van der Waals surface area contributed by atoms with Crippen LogP contribution < -0.4 is 0 Å². The molecular formula is C9H19FSi2. The van der Waals surface area contributed by atoms with Crippen molar-refractivity contribution in [2.24, 2.45) is 0 Å². The maximum absolute atomic E-state index is 14.0. The zero-order valence-corrected chi connectivity index (χ0v) is 10.5. The van der Waals surface area contributed by atoms with Gasteiger partial charge in [0, 0.05) is 0 Å². The number of hydrogen-bond acceptors (Lipinski definition) is 0. The molecule has 0 radical (unpaired) electrons. The summed E-state index contributed by atoms with van der Waals surface area (Å²) >= 11 is 0. The van der Waals surface area contributed by atoms with Gasteiger partial charge in [0.05, 0.1) is 7.59 Å². The van der Waals surface area contributed by atoms with Crippen LogP contribution in [0.4, 0.5) is 4.11 Å². The highest BCUT2D eigenvalue weighted by Crippen LogP contribution is 2.39. The van der Waals surface area contributed by atoms with Crippen molar-refractivity contribution >= 4 is 15.5 Å². The Balaban J connectivity index is 2.71. The molecule has 3 heteroatoms. The summed E-state index contributed by atoms with van der Waals surface area (Å²) in [5, 5.41) is 0. The molecule has 0 aromatic rings. The van der Waals surface area contributed by atoms with E-state index in [0.717, 1.165) is 12.8 Å². The summed E-state index contributed by atoms with van der Waals surface area (Å²) < 4.78 is 14.0. The summed E-state index contributed by atoms with van der Waals surface area (Å²) in [6.45, 7) is 8.24. The van der Waals surface area contributed by atoms with Crippen molar-refractivity contribution < 1.29 is 4.11 Å². The SMILES string of the molecule is C[Si](C)(F)[Si](C)(C)C1CC=CC1. The van der Waals surface area contributed by atoms with Crippen LogP contribution in [0.3, 0.4) is 0 Å². The first-order chi connectivity index (χ1) is 5.36. The molecule has 0 atom stereocenters. The largest absolute Gasteiger partial charge is 0.318 e. The highest BCUT2D eigenvalue weighted by atomic mass is 29.3. The van der Waals surface area contributed by atoms with Crippen molar-refractivity contribution in [1.29, 1.82) is 0 Å². The van der Waals surface area contributed by atoms with E-state index in [1.807, 2.05) is 13.1 Å². The summed E-state index contributed by atoms with van der Waals surface area (Å²) in [5.74, 6) is 0. The van der Waals surface area contributed by atoms with Gasteiger partial charge in [-0.1, -0.05) is 25.2 Å². The first-order valence-electron chi connectivity index (χ1n) is 4.69. The fourth-order valence-electron chi connectivity index (χ4n) is 1.69. The highest BCUT2D eigenvalue weighted by Gasteiger charge is 2.47. The van der Waals surface area contributed by atoms with E-state index >= 15 is 0 Å². The Morgan fingerprint density at radius 1 is 1.08 bits per heavy atom. The van der Waals surface area contributed by atoms with Crippen LogP contribution in [0.5, 0.6) is 0 Å². The lowest BCUT2D eigenvalue weighted by molar-refractivity contribution is 0.807. The topological polar surface area (TPSA) is 0 Å². The van der Waals surface area contributed by atoms with Crippen molar-refractivity contribution in [2.75, 3.05) is 0 Å². The van der Waals surface area contributed by atoms with Crippen LogP contribution in [-0.2, 0) is 0 Å². The highest BCUT2D eigenvalue weighted by molar-refractivity contribution is 7.38. The first-order valence-corrected chi connectivity index (χ1v) is 11.6. The molecule has 0 bridgehead atoms. The predicted molar refractivity (Wildman–Crippen MR) is 58.2 cm³/mol. The Morgan fingerprint density at radius 3 is 1.83 bits per heavy atom. The Hall–Kier alpha value is 0.104. The molecule has 70 valence electrons. The Labute approximate surface area is 76.9 Å². The standard InChI is InChI=1S/C9H19FSi2/c1-11(2,12(3,4)10)9-7-5-6-8-9/h5-6,9H,7-8H2,1-4H3. The van der Waals surface area contributed by atoms with Gasteiger partial charge in [0.2, 0.25) is 7.93 Å². The molecule has 0 saturated heterocycles. The second-order valence-electron chi connectivity index (χ2n) is 4.83. The normalized spacial score (nSPS) is 20.4. The molecule has 0 fully saturated rings. The van der Waals surface area contributed by atoms with Gasteiger partial charge in [0.25, 0.3) is 0 Å². The van der Waals surface area contributed by atoms with Crippen molar-refractivity contribution in [1.82, 2.24) is 0 Å². The maximum Gasteiger partial charge on any atom is 0.227 e. The number of allylic oxidation sites excluding steroid dienone is 2. The minimum atomic E-state index is -2.35. The lowest BCUT2D eigenvalue weighted by atomic mass is 10.3. The van der Waals surface area contributed by atoms with Gasteiger partial charge in [-0.05, 0) is 31.5 Å². The molecule has 0 spiro atoms. The van der Waals surface area contributed by atoms with Gasteiger partial charge in [-0.25, -0.2) is 0 Å². The molecule has 0 aliphatic heterocycles. The summed E-state index contributed by atoms with van der Waals surface area (Å²) in [5.41, 5.74) is 0.684. The average Bonchev–Trinajstić information content (AvgIpc) is 2.34. The first kappa shape index (κ1) is 10.2. The van der Waals surface area contributed by atoms with E-state index in [1.54, 1.807) is 0 Å². The maximum atomic E-state index is 14.0. The van der Waals surface area contributed by atoms with E-state index in [1.165, 1.54) is 0 Å². The third-order valence-electron chi connectivity index (χ3n) is 3.56. The van der Waals surface area contributed by atoms with Gasteiger partial charge in [-0.3, -0.25) is 0 Å². The minimum Gasteiger partial charge on any atom is -0.318 e. The van der Waals surface area contributed by atoms with E-state index in [2.05, 4.69) is 25.2 Å². The lowest BCUT2D eigenvalue weighted by Gasteiger charge is -2.36. The molecule has 1 aliphatic carbocycles. The summed E-state index contributed by atoms with van der Waals surface area (Å²) in [6.07, 6.45) is 6.72. The number of hydrogen-bond donors (Lipinski definition) is 0. The molecule has 0 aromatic carbocycles. The van der Waals surface area contributed by atoms with E-state index in [0.29, 0.717) is 5.54 Å². The third kappa shape index (κ3) is 1.71. The smallest absolute Gasteiger partial charge is 0.227 e. The van der Waals surface area contributed by atoms with Gasteiger partial charge in [-0.15, -0.1) is 0 Å². The summed E-state index contributed by atoms with van der Waals surface area (Å²) in [7, 11) is -3.91. The van der Waals surface area contributed by atoms with Gasteiger partial charge >= 0.3 is 0 Å². The van der Waals surface area contributed by atoms with Crippen LogP contribution in [0, 0.1) is 0 Å². The minimum absolute atomic E-state index is 0.684. The quantitative estimate of drug-likeness (QED) is 0.364. The monoisotopic (exact) mass is 202 g/mol. The molecule has 0 nitrogen and oxygen atoms in total. The molecule has 0 saturated carbocycles. The molecule has 0 N–H and O–H groups in total. The van der Waals surface area contributed by atoms with Crippen molar-refractivity contribution in [3.05, 3.63) is 12.2 Å². The predicted octanol–water partition coefficient (Wildman–Crippen LogP) is 3.67. The Kier molecular flexibility index (Phi) is 2.64. The van der Waals surface area contributed by atoms with E-state index in [9.17, 15) is 4.11 Å². The molecule has 1 aliphatic rings. The van der Waals surface area contributed by atoms with Crippen LogP contribution in [0.15, 0.2) is 12.2 Å². The molecular weight excluding hydrogens is 183 g/mol. The number of halogens is 1. The average molecular weight is 202 g/mol. The van der Waals surface area contributed by atoms with Gasteiger partial charge in [0.1, 0.15) is 0 Å². The molecule has 0 aromatic heterocycles. The van der Waals surface area contributed by atoms with Gasteiger partial charge < -0.3 is 4.11 Å². The molecule has 0 heterocycles.